The van der Waals surface area contributed by atoms with Gasteiger partial charge in [-0.05, 0) is 37.7 Å². The first kappa shape index (κ1) is 19.7. The Hall–Kier alpha value is -1.39. The molecule has 0 aliphatic heterocycles. The Labute approximate surface area is 139 Å². The predicted octanol–water partition coefficient (Wildman–Crippen LogP) is 4.93. The molecule has 1 aromatic rings. The Kier molecular flexibility index (Phi) is 7.23. The van der Waals surface area contributed by atoms with Crippen LogP contribution in [0.3, 0.4) is 0 Å². The second kappa shape index (κ2) is 8.46. The molecule has 1 rings (SSSR count). The average molecular weight is 322 g/mol. The first-order valence-corrected chi connectivity index (χ1v) is 8.24. The molecular formula is C19H30O4. The predicted molar refractivity (Wildman–Crippen MR) is 91.0 cm³/mol. The zero-order valence-electron chi connectivity index (χ0n) is 15.0. The highest BCUT2D eigenvalue weighted by molar-refractivity contribution is 5.75. The van der Waals surface area contributed by atoms with Gasteiger partial charge in [0.15, 0.2) is 6.10 Å². The Bertz CT molecular complexity index is 474. The first-order valence-electron chi connectivity index (χ1n) is 8.24. The molecule has 1 aromatic carbocycles. The Morgan fingerprint density at radius 2 is 1.70 bits per heavy atom. The summed E-state index contributed by atoms with van der Waals surface area (Å²) in [6.07, 6.45) is 2.38. The van der Waals surface area contributed by atoms with E-state index in [1.165, 1.54) is 0 Å². The van der Waals surface area contributed by atoms with E-state index in [0.717, 1.165) is 24.8 Å². The molecule has 4 heteroatoms. The van der Waals surface area contributed by atoms with Crippen molar-refractivity contribution in [2.75, 3.05) is 0 Å². The van der Waals surface area contributed by atoms with Gasteiger partial charge < -0.3 is 4.74 Å². The van der Waals surface area contributed by atoms with E-state index in [-0.39, 0.29) is 5.41 Å². The number of hydrogen-bond acceptors (Lipinski definition) is 4. The van der Waals surface area contributed by atoms with Crippen LogP contribution >= 0.6 is 0 Å². The van der Waals surface area contributed by atoms with Crippen LogP contribution in [0.15, 0.2) is 30.3 Å². The molecule has 0 amide bonds. The summed E-state index contributed by atoms with van der Waals surface area (Å²) in [6, 6.07) is 9.53. The molecule has 4 nitrogen and oxygen atoms in total. The van der Waals surface area contributed by atoms with Gasteiger partial charge in [0.2, 0.25) is 0 Å². The monoisotopic (exact) mass is 322 g/mol. The van der Waals surface area contributed by atoms with Gasteiger partial charge in [0, 0.05) is 0 Å². The third-order valence-corrected chi connectivity index (χ3v) is 3.86. The number of hydrogen-bond donors (Lipinski definition) is 1. The molecule has 0 bridgehead atoms. The summed E-state index contributed by atoms with van der Waals surface area (Å²) in [5, 5.41) is 9.02. The quantitative estimate of drug-likeness (QED) is 0.319. The molecule has 130 valence electrons. The molecule has 0 fully saturated rings. The summed E-state index contributed by atoms with van der Waals surface area (Å²) < 4.78 is 5.55. The Balaban J connectivity index is 2.53. The van der Waals surface area contributed by atoms with Crippen molar-refractivity contribution in [3.8, 4) is 0 Å². The first-order chi connectivity index (χ1) is 10.7. The Morgan fingerprint density at radius 3 is 2.22 bits per heavy atom. The van der Waals surface area contributed by atoms with E-state index < -0.39 is 17.7 Å². The highest BCUT2D eigenvalue weighted by Crippen LogP contribution is 2.26. The van der Waals surface area contributed by atoms with Crippen LogP contribution in [0.1, 0.15) is 65.9 Å². The van der Waals surface area contributed by atoms with Crippen molar-refractivity contribution in [3.63, 3.8) is 0 Å². The fourth-order valence-electron chi connectivity index (χ4n) is 2.41. The van der Waals surface area contributed by atoms with Crippen LogP contribution < -0.4 is 0 Å². The maximum atomic E-state index is 12.2. The van der Waals surface area contributed by atoms with Crippen LogP contribution in [-0.4, -0.2) is 17.3 Å². The molecule has 0 saturated carbocycles. The smallest absolute Gasteiger partial charge is 0.339 e. The van der Waals surface area contributed by atoms with Crippen LogP contribution in [0, 0.1) is 5.41 Å². The molecule has 0 saturated heterocycles. The van der Waals surface area contributed by atoms with Crippen LogP contribution in [0.5, 0.6) is 0 Å². The largest absolute Gasteiger partial charge is 0.453 e. The second-order valence-corrected chi connectivity index (χ2v) is 7.70. The van der Waals surface area contributed by atoms with Crippen LogP contribution in [0.2, 0.25) is 0 Å². The zero-order chi connectivity index (χ0) is 17.5. The highest BCUT2D eigenvalue weighted by Gasteiger charge is 2.30. The van der Waals surface area contributed by atoms with Crippen LogP contribution in [0.25, 0.3) is 0 Å². The van der Waals surface area contributed by atoms with Crippen molar-refractivity contribution in [1.29, 1.82) is 0 Å². The standard InChI is InChI=1S/C19H30O4/c1-18(2,3)14-10-9-13-16(23-21)17(20)22-19(4,5)15-11-7-6-8-12-15/h6-8,11-12,16,21H,9-10,13-14H2,1-5H3. The van der Waals surface area contributed by atoms with Crippen molar-refractivity contribution in [3.05, 3.63) is 35.9 Å². The summed E-state index contributed by atoms with van der Waals surface area (Å²) >= 11 is 0. The number of carbonyl (C=O) groups is 1. The number of esters is 1. The summed E-state index contributed by atoms with van der Waals surface area (Å²) in [4.78, 5) is 16.6. The number of benzene rings is 1. The minimum Gasteiger partial charge on any atom is -0.453 e. The molecule has 0 aliphatic rings. The van der Waals surface area contributed by atoms with E-state index in [9.17, 15) is 4.79 Å². The van der Waals surface area contributed by atoms with Gasteiger partial charge in [-0.15, -0.1) is 0 Å². The van der Waals surface area contributed by atoms with E-state index in [1.54, 1.807) is 0 Å². The molecule has 0 aromatic heterocycles. The molecule has 0 radical (unpaired) electrons. The fourth-order valence-corrected chi connectivity index (χ4v) is 2.41. The lowest BCUT2D eigenvalue weighted by Gasteiger charge is -2.27. The van der Waals surface area contributed by atoms with E-state index >= 15 is 0 Å². The van der Waals surface area contributed by atoms with Gasteiger partial charge in [-0.1, -0.05) is 63.9 Å². The second-order valence-electron chi connectivity index (χ2n) is 7.70. The fraction of sp³-hybridized carbons (Fsp3) is 0.632. The van der Waals surface area contributed by atoms with E-state index in [0.29, 0.717) is 6.42 Å². The molecule has 0 heterocycles. The lowest BCUT2D eigenvalue weighted by Crippen LogP contribution is -2.33. The average Bonchev–Trinajstić information content (AvgIpc) is 2.46. The lowest BCUT2D eigenvalue weighted by molar-refractivity contribution is -0.282. The molecule has 0 spiro atoms. The molecule has 1 N–H and O–H groups in total. The summed E-state index contributed by atoms with van der Waals surface area (Å²) in [7, 11) is 0. The van der Waals surface area contributed by atoms with E-state index in [1.807, 2.05) is 44.2 Å². The molecule has 1 unspecified atom stereocenters. The topological polar surface area (TPSA) is 55.8 Å². The summed E-state index contributed by atoms with van der Waals surface area (Å²) in [5.41, 5.74) is 0.407. The third kappa shape index (κ3) is 7.14. The number of ether oxygens (including phenoxy) is 1. The molecular weight excluding hydrogens is 292 g/mol. The molecule has 23 heavy (non-hydrogen) atoms. The highest BCUT2D eigenvalue weighted by atomic mass is 17.1. The minimum atomic E-state index is -0.932. The molecule has 0 aliphatic carbocycles. The van der Waals surface area contributed by atoms with Crippen molar-refractivity contribution >= 4 is 5.97 Å². The van der Waals surface area contributed by atoms with Crippen molar-refractivity contribution in [2.45, 2.75) is 72.0 Å². The van der Waals surface area contributed by atoms with Crippen molar-refractivity contribution in [2.24, 2.45) is 5.41 Å². The van der Waals surface area contributed by atoms with Crippen molar-refractivity contribution < 1.29 is 19.7 Å². The van der Waals surface area contributed by atoms with Crippen LogP contribution in [0.4, 0.5) is 0 Å². The number of unbranched alkanes of at least 4 members (excludes halogenated alkanes) is 1. The maximum Gasteiger partial charge on any atom is 0.339 e. The van der Waals surface area contributed by atoms with Crippen LogP contribution in [-0.2, 0) is 20.0 Å². The SMILES string of the molecule is CC(C)(C)CCCCC(OO)C(=O)OC(C)(C)c1ccccc1. The van der Waals surface area contributed by atoms with Gasteiger partial charge in [0.1, 0.15) is 5.60 Å². The van der Waals surface area contributed by atoms with Gasteiger partial charge in [0.25, 0.3) is 0 Å². The van der Waals surface area contributed by atoms with E-state index in [2.05, 4.69) is 25.7 Å². The Morgan fingerprint density at radius 1 is 1.09 bits per heavy atom. The third-order valence-electron chi connectivity index (χ3n) is 3.86. The molecule has 1 atom stereocenters. The maximum absolute atomic E-state index is 12.2. The lowest BCUT2D eigenvalue weighted by atomic mass is 9.89. The van der Waals surface area contributed by atoms with Crippen molar-refractivity contribution in [1.82, 2.24) is 0 Å². The summed E-state index contributed by atoms with van der Waals surface area (Å²) in [5.74, 6) is -0.530. The number of rotatable bonds is 8. The van der Waals surface area contributed by atoms with Gasteiger partial charge in [-0.2, -0.15) is 0 Å². The minimum absolute atomic E-state index is 0.269. The van der Waals surface area contributed by atoms with E-state index in [4.69, 9.17) is 9.99 Å². The van der Waals surface area contributed by atoms with Gasteiger partial charge in [-0.25, -0.2) is 9.68 Å². The normalized spacial score (nSPS) is 13.7. The van der Waals surface area contributed by atoms with Gasteiger partial charge in [-0.3, -0.25) is 5.26 Å². The van der Waals surface area contributed by atoms with Gasteiger partial charge >= 0.3 is 5.97 Å². The zero-order valence-corrected chi connectivity index (χ0v) is 15.0. The van der Waals surface area contributed by atoms with Gasteiger partial charge in [0.05, 0.1) is 0 Å². The number of carbonyl (C=O) groups excluding carboxylic acids is 1. The summed E-state index contributed by atoms with van der Waals surface area (Å²) in [6.45, 7) is 10.2.